The second kappa shape index (κ2) is 5.79. The first kappa shape index (κ1) is 14.6. The Morgan fingerprint density at radius 3 is 3.10 bits per heavy atom. The summed E-state index contributed by atoms with van der Waals surface area (Å²) >= 11 is 0. The molecule has 0 radical (unpaired) electrons. The maximum Gasteiger partial charge on any atom is 0.230 e. The average Bonchev–Trinajstić information content (AvgIpc) is 3.17. The van der Waals surface area contributed by atoms with Crippen LogP contribution >= 0.6 is 0 Å². The summed E-state index contributed by atoms with van der Waals surface area (Å²) in [5.41, 5.74) is 0.682. The van der Waals surface area contributed by atoms with Gasteiger partial charge in [0.25, 0.3) is 0 Å². The molecule has 116 valence electrons. The van der Waals surface area contributed by atoms with Crippen LogP contribution in [-0.2, 0) is 4.79 Å². The van der Waals surface area contributed by atoms with Crippen molar-refractivity contribution in [2.45, 2.75) is 52.0 Å². The summed E-state index contributed by atoms with van der Waals surface area (Å²) in [7, 11) is 0. The molecule has 2 aliphatic heterocycles. The standard InChI is InChI=1S/C16H25N3O2/c1-3-6-16(7-8-17-11-16)15(20)19-9-4-5-13(19)14-10-12(2)18-21-14/h10,13,17H,3-9,11H2,1-2H3. The smallest absolute Gasteiger partial charge is 0.230 e. The average molecular weight is 291 g/mol. The third kappa shape index (κ3) is 2.59. The highest BCUT2D eigenvalue weighted by molar-refractivity contribution is 5.84. The van der Waals surface area contributed by atoms with Gasteiger partial charge < -0.3 is 14.7 Å². The Morgan fingerprint density at radius 2 is 2.48 bits per heavy atom. The van der Waals surface area contributed by atoms with E-state index >= 15 is 0 Å². The number of carbonyl (C=O) groups is 1. The van der Waals surface area contributed by atoms with Gasteiger partial charge in [-0.1, -0.05) is 18.5 Å². The van der Waals surface area contributed by atoms with E-state index in [9.17, 15) is 4.79 Å². The van der Waals surface area contributed by atoms with E-state index in [1.807, 2.05) is 17.9 Å². The summed E-state index contributed by atoms with van der Waals surface area (Å²) in [5.74, 6) is 1.15. The number of carbonyl (C=O) groups excluding carboxylic acids is 1. The van der Waals surface area contributed by atoms with Crippen LogP contribution in [0, 0.1) is 12.3 Å². The van der Waals surface area contributed by atoms with E-state index in [0.717, 1.165) is 63.2 Å². The highest BCUT2D eigenvalue weighted by Gasteiger charge is 2.46. The molecule has 2 unspecified atom stereocenters. The van der Waals surface area contributed by atoms with Crippen LogP contribution in [-0.4, -0.2) is 35.6 Å². The molecule has 21 heavy (non-hydrogen) atoms. The van der Waals surface area contributed by atoms with Gasteiger partial charge in [-0.3, -0.25) is 4.79 Å². The number of hydrogen-bond donors (Lipinski definition) is 1. The van der Waals surface area contributed by atoms with Gasteiger partial charge in [0.05, 0.1) is 17.2 Å². The van der Waals surface area contributed by atoms with Crippen molar-refractivity contribution in [3.05, 3.63) is 17.5 Å². The van der Waals surface area contributed by atoms with Crippen LogP contribution in [0.1, 0.15) is 56.5 Å². The lowest BCUT2D eigenvalue weighted by atomic mass is 9.81. The lowest BCUT2D eigenvalue weighted by Crippen LogP contribution is -2.45. The summed E-state index contributed by atoms with van der Waals surface area (Å²) in [6.07, 6.45) is 5.00. The molecule has 1 aromatic rings. The first-order valence-corrected chi connectivity index (χ1v) is 8.11. The Kier molecular flexibility index (Phi) is 4.02. The Morgan fingerprint density at radius 1 is 1.62 bits per heavy atom. The van der Waals surface area contributed by atoms with Crippen molar-refractivity contribution in [2.75, 3.05) is 19.6 Å². The minimum Gasteiger partial charge on any atom is -0.359 e. The highest BCUT2D eigenvalue weighted by Crippen LogP contribution is 2.40. The van der Waals surface area contributed by atoms with Gasteiger partial charge in [-0.05, 0) is 39.2 Å². The van der Waals surface area contributed by atoms with Crippen LogP contribution in [0.15, 0.2) is 10.6 Å². The fourth-order valence-corrected chi connectivity index (χ4v) is 3.88. The fraction of sp³-hybridized carbons (Fsp3) is 0.750. The first-order chi connectivity index (χ1) is 10.2. The number of rotatable bonds is 4. The van der Waals surface area contributed by atoms with E-state index in [1.165, 1.54) is 0 Å². The first-order valence-electron chi connectivity index (χ1n) is 8.11. The molecular formula is C16H25N3O2. The van der Waals surface area contributed by atoms with Gasteiger partial charge in [0.15, 0.2) is 5.76 Å². The van der Waals surface area contributed by atoms with Gasteiger partial charge in [0.2, 0.25) is 5.91 Å². The number of aromatic nitrogens is 1. The summed E-state index contributed by atoms with van der Waals surface area (Å²) in [6.45, 7) is 6.70. The SMILES string of the molecule is CCCC1(C(=O)N2CCCC2c2cc(C)no2)CCNC1. The molecule has 0 bridgehead atoms. The predicted molar refractivity (Wildman–Crippen MR) is 79.8 cm³/mol. The van der Waals surface area contributed by atoms with Crippen LogP contribution in [0.5, 0.6) is 0 Å². The molecule has 1 aromatic heterocycles. The van der Waals surface area contributed by atoms with Crippen LogP contribution in [0.25, 0.3) is 0 Å². The Hall–Kier alpha value is -1.36. The number of hydrogen-bond acceptors (Lipinski definition) is 4. The van der Waals surface area contributed by atoms with Crippen molar-refractivity contribution in [1.29, 1.82) is 0 Å². The molecule has 5 heteroatoms. The maximum absolute atomic E-state index is 13.2. The van der Waals surface area contributed by atoms with Crippen LogP contribution in [0.3, 0.4) is 0 Å². The fourth-order valence-electron chi connectivity index (χ4n) is 3.88. The highest BCUT2D eigenvalue weighted by atomic mass is 16.5. The lowest BCUT2D eigenvalue weighted by molar-refractivity contribution is -0.143. The molecule has 2 saturated heterocycles. The number of likely N-dealkylation sites (tertiary alicyclic amines) is 1. The quantitative estimate of drug-likeness (QED) is 0.925. The normalized spacial score (nSPS) is 29.2. The van der Waals surface area contributed by atoms with Gasteiger partial charge in [-0.25, -0.2) is 0 Å². The molecule has 1 amide bonds. The zero-order valence-corrected chi connectivity index (χ0v) is 13.0. The monoisotopic (exact) mass is 291 g/mol. The number of amides is 1. The summed E-state index contributed by atoms with van der Waals surface area (Å²) in [6, 6.07) is 2.04. The second-order valence-corrected chi connectivity index (χ2v) is 6.48. The van der Waals surface area contributed by atoms with E-state index in [1.54, 1.807) is 0 Å². The van der Waals surface area contributed by atoms with Crippen molar-refractivity contribution in [3.63, 3.8) is 0 Å². The molecule has 1 N–H and O–H groups in total. The molecule has 2 fully saturated rings. The molecule has 3 heterocycles. The number of nitrogens with one attached hydrogen (secondary N) is 1. The Balaban J connectivity index is 1.82. The summed E-state index contributed by atoms with van der Waals surface area (Å²) in [4.78, 5) is 15.2. The van der Waals surface area contributed by atoms with Crippen molar-refractivity contribution < 1.29 is 9.32 Å². The van der Waals surface area contributed by atoms with Gasteiger partial charge in [-0.2, -0.15) is 0 Å². The van der Waals surface area contributed by atoms with Crippen LogP contribution < -0.4 is 5.32 Å². The maximum atomic E-state index is 13.2. The van der Waals surface area contributed by atoms with Gasteiger partial charge >= 0.3 is 0 Å². The number of aryl methyl sites for hydroxylation is 1. The Bertz CT molecular complexity index is 505. The molecule has 0 spiro atoms. The summed E-state index contributed by atoms with van der Waals surface area (Å²) in [5, 5.41) is 7.36. The zero-order valence-electron chi connectivity index (χ0n) is 13.0. The minimum absolute atomic E-state index is 0.0769. The molecular weight excluding hydrogens is 266 g/mol. The molecule has 0 aromatic carbocycles. The topological polar surface area (TPSA) is 58.4 Å². The van der Waals surface area contributed by atoms with Crippen molar-refractivity contribution >= 4 is 5.91 Å². The predicted octanol–water partition coefficient (Wildman–Crippen LogP) is 2.43. The van der Waals surface area contributed by atoms with Crippen LogP contribution in [0.2, 0.25) is 0 Å². The zero-order chi connectivity index (χ0) is 14.9. The van der Waals surface area contributed by atoms with Crippen LogP contribution in [0.4, 0.5) is 0 Å². The summed E-state index contributed by atoms with van der Waals surface area (Å²) < 4.78 is 5.42. The largest absolute Gasteiger partial charge is 0.359 e. The van der Waals surface area contributed by atoms with Gasteiger partial charge in [0.1, 0.15) is 0 Å². The van der Waals surface area contributed by atoms with E-state index in [2.05, 4.69) is 17.4 Å². The molecule has 2 aliphatic rings. The Labute approximate surface area is 126 Å². The molecule has 3 rings (SSSR count). The lowest BCUT2D eigenvalue weighted by Gasteiger charge is -2.34. The molecule has 2 atom stereocenters. The third-order valence-corrected chi connectivity index (χ3v) is 4.91. The molecule has 0 aliphatic carbocycles. The van der Waals surface area contributed by atoms with E-state index in [-0.39, 0.29) is 11.5 Å². The van der Waals surface area contributed by atoms with Crippen molar-refractivity contribution in [1.82, 2.24) is 15.4 Å². The van der Waals surface area contributed by atoms with Crippen molar-refractivity contribution in [3.8, 4) is 0 Å². The van der Waals surface area contributed by atoms with Crippen molar-refractivity contribution in [2.24, 2.45) is 5.41 Å². The van der Waals surface area contributed by atoms with E-state index in [4.69, 9.17) is 4.52 Å². The van der Waals surface area contributed by atoms with E-state index in [0.29, 0.717) is 5.91 Å². The number of nitrogens with zero attached hydrogens (tertiary/aromatic N) is 2. The van der Waals surface area contributed by atoms with Gasteiger partial charge in [0, 0.05) is 19.2 Å². The molecule has 5 nitrogen and oxygen atoms in total. The molecule has 0 saturated carbocycles. The minimum atomic E-state index is -0.202. The van der Waals surface area contributed by atoms with Gasteiger partial charge in [-0.15, -0.1) is 0 Å². The second-order valence-electron chi connectivity index (χ2n) is 6.48. The van der Waals surface area contributed by atoms with E-state index < -0.39 is 0 Å². The third-order valence-electron chi connectivity index (χ3n) is 4.91.